The van der Waals surface area contributed by atoms with E-state index in [1.807, 2.05) is 0 Å². The Kier molecular flexibility index (Phi) is 3.77. The molecule has 1 aromatic carbocycles. The van der Waals surface area contributed by atoms with Crippen LogP contribution in [0.4, 0.5) is 5.69 Å². The Labute approximate surface area is 91.4 Å². The largest absolute Gasteiger partial charge is 0.465 e. The van der Waals surface area contributed by atoms with Crippen LogP contribution in [-0.4, -0.2) is 18.2 Å². The van der Waals surface area contributed by atoms with Crippen molar-refractivity contribution in [3.63, 3.8) is 0 Å². The van der Waals surface area contributed by atoms with E-state index >= 15 is 0 Å². The highest BCUT2D eigenvalue weighted by atomic mass is 35.5. The van der Waals surface area contributed by atoms with Gasteiger partial charge >= 0.3 is 5.97 Å². The van der Waals surface area contributed by atoms with Gasteiger partial charge in [0.15, 0.2) is 0 Å². The second-order valence-electron chi connectivity index (χ2n) is 2.36. The number of carbonyl (C=O) groups excluding carboxylic acids is 1. The molecule has 0 aromatic heterocycles. The molecule has 0 radical (unpaired) electrons. The molecule has 5 heteroatoms. The SMILES string of the molecule is COC(=O)c1ccc(Cl)c(N=C=S)c1. The number of hydrogen-bond acceptors (Lipinski definition) is 4. The number of thiocarbonyl (C=S) groups is 1. The topological polar surface area (TPSA) is 38.7 Å². The zero-order chi connectivity index (χ0) is 10.6. The Hall–Kier alpha value is -1.22. The van der Waals surface area contributed by atoms with E-state index in [2.05, 4.69) is 27.1 Å². The van der Waals surface area contributed by atoms with Crippen molar-refractivity contribution in [1.29, 1.82) is 0 Å². The quantitative estimate of drug-likeness (QED) is 0.443. The molecule has 0 saturated carbocycles. The van der Waals surface area contributed by atoms with Crippen molar-refractivity contribution >= 4 is 40.6 Å². The molecule has 72 valence electrons. The molecule has 0 bridgehead atoms. The standard InChI is InChI=1S/C9H6ClNO2S/c1-13-9(12)6-2-3-7(10)8(4-6)11-5-14/h2-4H,1H3. The first-order valence-electron chi connectivity index (χ1n) is 3.64. The van der Waals surface area contributed by atoms with Gasteiger partial charge in [-0.15, -0.1) is 0 Å². The minimum absolute atomic E-state index is 0.376. The Balaban J connectivity index is 3.18. The Morgan fingerprint density at radius 2 is 2.36 bits per heavy atom. The average Bonchev–Trinajstić information content (AvgIpc) is 2.20. The normalized spacial score (nSPS) is 9.00. The van der Waals surface area contributed by atoms with Gasteiger partial charge in [0.25, 0.3) is 0 Å². The molecule has 0 amide bonds. The minimum Gasteiger partial charge on any atom is -0.465 e. The number of isothiocyanates is 1. The molecule has 0 unspecified atom stereocenters. The van der Waals surface area contributed by atoms with Gasteiger partial charge in [-0.3, -0.25) is 0 Å². The maximum absolute atomic E-state index is 11.1. The summed E-state index contributed by atoms with van der Waals surface area (Å²) in [5.41, 5.74) is 0.783. The van der Waals surface area contributed by atoms with Crippen molar-refractivity contribution in [1.82, 2.24) is 0 Å². The maximum Gasteiger partial charge on any atom is 0.337 e. The van der Waals surface area contributed by atoms with Crippen LogP contribution in [0.5, 0.6) is 0 Å². The third-order valence-electron chi connectivity index (χ3n) is 1.53. The monoisotopic (exact) mass is 227 g/mol. The summed E-state index contributed by atoms with van der Waals surface area (Å²) < 4.78 is 4.54. The summed E-state index contributed by atoms with van der Waals surface area (Å²) in [5.74, 6) is -0.442. The van der Waals surface area contributed by atoms with Crippen LogP contribution in [0.2, 0.25) is 5.02 Å². The lowest BCUT2D eigenvalue weighted by Crippen LogP contribution is -2.00. The highest BCUT2D eigenvalue weighted by molar-refractivity contribution is 7.78. The van der Waals surface area contributed by atoms with Crippen molar-refractivity contribution in [2.45, 2.75) is 0 Å². The predicted octanol–water partition coefficient (Wildman–Crippen LogP) is 2.86. The van der Waals surface area contributed by atoms with Crippen LogP contribution in [-0.2, 0) is 4.74 Å². The Morgan fingerprint density at radius 1 is 1.64 bits per heavy atom. The fraction of sp³-hybridized carbons (Fsp3) is 0.111. The summed E-state index contributed by atoms with van der Waals surface area (Å²) in [5, 5.41) is 2.59. The van der Waals surface area contributed by atoms with Gasteiger partial charge < -0.3 is 4.74 Å². The van der Waals surface area contributed by atoms with Gasteiger partial charge in [0.1, 0.15) is 0 Å². The molecule has 0 atom stereocenters. The molecule has 3 nitrogen and oxygen atoms in total. The molecule has 0 saturated heterocycles. The van der Waals surface area contributed by atoms with Gasteiger partial charge in [-0.1, -0.05) is 11.6 Å². The van der Waals surface area contributed by atoms with E-state index in [9.17, 15) is 4.79 Å². The van der Waals surface area contributed by atoms with E-state index in [1.54, 1.807) is 12.1 Å². The molecule has 0 aliphatic rings. The summed E-state index contributed by atoms with van der Waals surface area (Å²) in [6.07, 6.45) is 0. The third-order valence-corrected chi connectivity index (χ3v) is 1.94. The highest BCUT2D eigenvalue weighted by Crippen LogP contribution is 2.25. The second-order valence-corrected chi connectivity index (χ2v) is 2.95. The van der Waals surface area contributed by atoms with Gasteiger partial charge in [0.2, 0.25) is 0 Å². The van der Waals surface area contributed by atoms with Crippen LogP contribution in [0, 0.1) is 0 Å². The number of benzene rings is 1. The third kappa shape index (κ3) is 2.39. The Bertz CT molecular complexity index is 413. The number of esters is 1. The van der Waals surface area contributed by atoms with Crippen LogP contribution in [0.15, 0.2) is 23.2 Å². The number of ether oxygens (including phenoxy) is 1. The Morgan fingerprint density at radius 3 is 2.93 bits per heavy atom. The molecule has 0 N–H and O–H groups in total. The fourth-order valence-corrected chi connectivity index (χ4v) is 1.15. The molecular formula is C9H6ClNO2S. The van der Waals surface area contributed by atoms with Crippen LogP contribution in [0.3, 0.4) is 0 Å². The molecule has 1 rings (SSSR count). The number of hydrogen-bond donors (Lipinski definition) is 0. The first-order chi connectivity index (χ1) is 6.69. The molecule has 0 heterocycles. The molecule has 14 heavy (non-hydrogen) atoms. The fourth-order valence-electron chi connectivity index (χ4n) is 0.892. The van der Waals surface area contributed by atoms with Crippen LogP contribution < -0.4 is 0 Å². The van der Waals surface area contributed by atoms with Crippen molar-refractivity contribution < 1.29 is 9.53 Å². The van der Waals surface area contributed by atoms with Gasteiger partial charge in [-0.25, -0.2) is 4.79 Å². The first-order valence-corrected chi connectivity index (χ1v) is 4.43. The lowest BCUT2D eigenvalue weighted by atomic mass is 10.2. The lowest BCUT2D eigenvalue weighted by Gasteiger charge is -2.00. The summed E-state index contributed by atoms with van der Waals surface area (Å²) in [4.78, 5) is 14.8. The van der Waals surface area contributed by atoms with E-state index < -0.39 is 5.97 Å². The zero-order valence-corrected chi connectivity index (χ0v) is 8.85. The summed E-state index contributed by atoms with van der Waals surface area (Å²) in [7, 11) is 1.30. The highest BCUT2D eigenvalue weighted by Gasteiger charge is 2.07. The van der Waals surface area contributed by atoms with E-state index in [-0.39, 0.29) is 0 Å². The maximum atomic E-state index is 11.1. The van der Waals surface area contributed by atoms with E-state index in [0.717, 1.165) is 0 Å². The van der Waals surface area contributed by atoms with Gasteiger partial charge in [0, 0.05) is 0 Å². The number of methoxy groups -OCH3 is 1. The smallest absolute Gasteiger partial charge is 0.337 e. The van der Waals surface area contributed by atoms with Crippen molar-refractivity contribution in [2.75, 3.05) is 7.11 Å². The molecule has 0 fully saturated rings. The van der Waals surface area contributed by atoms with Crippen molar-refractivity contribution in [3.05, 3.63) is 28.8 Å². The molecular weight excluding hydrogens is 222 g/mol. The molecule has 1 aromatic rings. The predicted molar refractivity (Wildman–Crippen MR) is 57.5 cm³/mol. The summed E-state index contributed by atoms with van der Waals surface area (Å²) in [6.45, 7) is 0. The zero-order valence-electron chi connectivity index (χ0n) is 7.28. The molecule has 0 spiro atoms. The number of carbonyl (C=O) groups is 1. The van der Waals surface area contributed by atoms with E-state index in [1.165, 1.54) is 13.2 Å². The van der Waals surface area contributed by atoms with Crippen LogP contribution in [0.1, 0.15) is 10.4 Å². The van der Waals surface area contributed by atoms with Crippen LogP contribution in [0.25, 0.3) is 0 Å². The summed E-state index contributed by atoms with van der Waals surface area (Å²) >= 11 is 10.2. The van der Waals surface area contributed by atoms with Gasteiger partial charge in [-0.05, 0) is 30.4 Å². The van der Waals surface area contributed by atoms with E-state index in [0.29, 0.717) is 16.3 Å². The minimum atomic E-state index is -0.442. The van der Waals surface area contributed by atoms with Crippen LogP contribution >= 0.6 is 23.8 Å². The number of aliphatic imine (C=N–C) groups is 1. The second kappa shape index (κ2) is 4.86. The number of halogens is 1. The molecule has 0 aliphatic carbocycles. The van der Waals surface area contributed by atoms with Crippen molar-refractivity contribution in [3.8, 4) is 0 Å². The van der Waals surface area contributed by atoms with Gasteiger partial charge in [0.05, 0.1) is 28.5 Å². The average molecular weight is 228 g/mol. The first kappa shape index (κ1) is 10.9. The number of rotatable bonds is 2. The molecule has 0 aliphatic heterocycles. The number of nitrogens with zero attached hydrogens (tertiary/aromatic N) is 1. The summed E-state index contributed by atoms with van der Waals surface area (Å²) in [6, 6.07) is 4.60. The lowest BCUT2D eigenvalue weighted by molar-refractivity contribution is 0.0601. The van der Waals surface area contributed by atoms with E-state index in [4.69, 9.17) is 11.6 Å². The van der Waals surface area contributed by atoms with Crippen molar-refractivity contribution in [2.24, 2.45) is 4.99 Å². The van der Waals surface area contributed by atoms with Gasteiger partial charge in [-0.2, -0.15) is 4.99 Å².